The van der Waals surface area contributed by atoms with Gasteiger partial charge in [-0.1, -0.05) is 49.0 Å². The van der Waals surface area contributed by atoms with Gasteiger partial charge in [0.25, 0.3) is 0 Å². The van der Waals surface area contributed by atoms with Crippen molar-refractivity contribution < 1.29 is 9.53 Å². The van der Waals surface area contributed by atoms with Gasteiger partial charge in [0.15, 0.2) is 5.78 Å². The first kappa shape index (κ1) is 21.0. The summed E-state index contributed by atoms with van der Waals surface area (Å²) in [5.74, 6) is -0.0778. The van der Waals surface area contributed by atoms with Gasteiger partial charge >= 0.3 is 0 Å². The number of ether oxygens (including phenoxy) is 1. The summed E-state index contributed by atoms with van der Waals surface area (Å²) in [5.41, 5.74) is 2.27. The Morgan fingerprint density at radius 1 is 1.19 bits per heavy atom. The van der Waals surface area contributed by atoms with Crippen molar-refractivity contribution in [3.05, 3.63) is 80.1 Å². The number of aryl methyl sites for hydroxylation is 1. The van der Waals surface area contributed by atoms with E-state index >= 15 is 0 Å². The molecule has 6 nitrogen and oxygen atoms in total. The second kappa shape index (κ2) is 9.25. The van der Waals surface area contributed by atoms with Crippen molar-refractivity contribution >= 4 is 40.0 Å². The SMILES string of the molecule is CCc1nnc([C@H]2C(=N)S/C(=C\c3ccc(OCc4ccccc4C#N)cc3)C2=O)s1. The van der Waals surface area contributed by atoms with Crippen molar-refractivity contribution in [2.45, 2.75) is 25.9 Å². The molecular formula is C23H18N4O2S2. The number of Topliss-reactive ketones (excluding diaryl/α,β-unsaturated/α-hetero) is 1. The normalized spacial score (nSPS) is 17.2. The summed E-state index contributed by atoms with van der Waals surface area (Å²) in [4.78, 5) is 13.4. The highest BCUT2D eigenvalue weighted by molar-refractivity contribution is 8.19. The number of nitriles is 1. The van der Waals surface area contributed by atoms with Gasteiger partial charge in [-0.3, -0.25) is 10.2 Å². The fourth-order valence-electron chi connectivity index (χ4n) is 3.07. The predicted octanol–water partition coefficient (Wildman–Crippen LogP) is 4.97. The Kier molecular flexibility index (Phi) is 6.26. The first-order valence-corrected chi connectivity index (χ1v) is 11.3. The Hall–Kier alpha value is -3.28. The van der Waals surface area contributed by atoms with E-state index in [1.807, 2.05) is 49.4 Å². The fourth-order valence-corrected chi connectivity index (χ4v) is 5.02. The molecule has 2 heterocycles. The molecule has 1 aliphatic rings. The average molecular weight is 447 g/mol. The van der Waals surface area contributed by atoms with Gasteiger partial charge in [0.1, 0.15) is 28.3 Å². The number of nitrogens with one attached hydrogen (secondary N) is 1. The van der Waals surface area contributed by atoms with Crippen LogP contribution >= 0.6 is 23.1 Å². The standard InChI is InChI=1S/C23H18N4O2S2/c1-2-19-26-27-23(31-19)20-21(28)18(30-22(20)25)11-14-7-9-17(10-8-14)29-13-16-6-4-3-5-15(16)12-24/h3-11,20,25H,2,13H2,1H3/b18-11-,25-22?/t20-/m1/s1. The predicted molar refractivity (Wildman–Crippen MR) is 122 cm³/mol. The molecule has 1 fully saturated rings. The molecular weight excluding hydrogens is 428 g/mol. The summed E-state index contributed by atoms with van der Waals surface area (Å²) in [5, 5.41) is 27.3. The molecule has 31 heavy (non-hydrogen) atoms. The number of hydrogen-bond acceptors (Lipinski definition) is 8. The molecule has 0 amide bonds. The molecule has 1 N–H and O–H groups in total. The van der Waals surface area contributed by atoms with Gasteiger partial charge in [0, 0.05) is 5.56 Å². The second-order valence-corrected chi connectivity index (χ2v) is 8.96. The van der Waals surface area contributed by atoms with E-state index < -0.39 is 5.92 Å². The second-order valence-electron chi connectivity index (χ2n) is 6.79. The van der Waals surface area contributed by atoms with E-state index in [0.717, 1.165) is 22.6 Å². The highest BCUT2D eigenvalue weighted by atomic mass is 32.2. The lowest BCUT2D eigenvalue weighted by molar-refractivity contribution is -0.114. The molecule has 1 aliphatic heterocycles. The fraction of sp³-hybridized carbons (Fsp3) is 0.174. The van der Waals surface area contributed by atoms with Gasteiger partial charge in [-0.25, -0.2) is 0 Å². The molecule has 1 atom stereocenters. The average Bonchev–Trinajstić information content (AvgIpc) is 3.37. The lowest BCUT2D eigenvalue weighted by atomic mass is 10.1. The van der Waals surface area contributed by atoms with Crippen molar-refractivity contribution in [2.75, 3.05) is 0 Å². The molecule has 1 saturated heterocycles. The molecule has 0 saturated carbocycles. The Morgan fingerprint density at radius 3 is 2.68 bits per heavy atom. The summed E-state index contributed by atoms with van der Waals surface area (Å²) in [6.45, 7) is 2.29. The third kappa shape index (κ3) is 4.58. The molecule has 0 bridgehead atoms. The number of thioether (sulfide) groups is 1. The van der Waals surface area contributed by atoms with E-state index in [1.54, 1.807) is 12.1 Å². The van der Waals surface area contributed by atoms with E-state index in [4.69, 9.17) is 15.4 Å². The van der Waals surface area contributed by atoms with Crippen molar-refractivity contribution in [1.29, 1.82) is 10.7 Å². The number of carbonyl (C=O) groups excluding carboxylic acids is 1. The first-order valence-electron chi connectivity index (χ1n) is 9.64. The summed E-state index contributed by atoms with van der Waals surface area (Å²) in [6.07, 6.45) is 2.55. The molecule has 0 radical (unpaired) electrons. The van der Waals surface area contributed by atoms with Crippen LogP contribution in [0.1, 0.15) is 39.5 Å². The van der Waals surface area contributed by atoms with E-state index in [1.165, 1.54) is 23.1 Å². The number of carbonyl (C=O) groups is 1. The summed E-state index contributed by atoms with van der Waals surface area (Å²) in [6, 6.07) is 16.9. The summed E-state index contributed by atoms with van der Waals surface area (Å²) < 4.78 is 5.79. The van der Waals surface area contributed by atoms with Gasteiger partial charge < -0.3 is 4.74 Å². The maximum Gasteiger partial charge on any atom is 0.186 e. The molecule has 0 spiro atoms. The number of benzene rings is 2. The maximum absolute atomic E-state index is 12.9. The Bertz CT molecular complexity index is 1210. The van der Waals surface area contributed by atoms with E-state index in [0.29, 0.717) is 27.8 Å². The van der Waals surface area contributed by atoms with E-state index in [-0.39, 0.29) is 10.8 Å². The van der Waals surface area contributed by atoms with Gasteiger partial charge in [0.2, 0.25) is 0 Å². The number of rotatable bonds is 6. The smallest absolute Gasteiger partial charge is 0.186 e. The van der Waals surface area contributed by atoms with Crippen LogP contribution in [0.25, 0.3) is 6.08 Å². The van der Waals surface area contributed by atoms with Crippen LogP contribution in [0.3, 0.4) is 0 Å². The van der Waals surface area contributed by atoms with Crippen LogP contribution in [0.4, 0.5) is 0 Å². The number of nitrogens with zero attached hydrogens (tertiary/aromatic N) is 3. The van der Waals surface area contributed by atoms with Crippen molar-refractivity contribution in [2.24, 2.45) is 0 Å². The van der Waals surface area contributed by atoms with Crippen molar-refractivity contribution in [3.8, 4) is 11.8 Å². The zero-order valence-corrected chi connectivity index (χ0v) is 18.3. The summed E-state index contributed by atoms with van der Waals surface area (Å²) >= 11 is 2.57. The van der Waals surface area contributed by atoms with E-state index in [2.05, 4.69) is 16.3 Å². The van der Waals surface area contributed by atoms with Crippen molar-refractivity contribution in [1.82, 2.24) is 10.2 Å². The number of ketones is 1. The highest BCUT2D eigenvalue weighted by Gasteiger charge is 2.39. The minimum Gasteiger partial charge on any atom is -0.489 e. The summed E-state index contributed by atoms with van der Waals surface area (Å²) in [7, 11) is 0. The first-order chi connectivity index (χ1) is 15.1. The quantitative estimate of drug-likeness (QED) is 0.537. The molecule has 1 aromatic heterocycles. The number of aromatic nitrogens is 2. The third-order valence-corrected chi connectivity index (χ3v) is 6.86. The molecule has 2 aromatic carbocycles. The zero-order chi connectivity index (χ0) is 21.8. The molecule has 3 aromatic rings. The topological polar surface area (TPSA) is 99.7 Å². The molecule has 0 unspecified atom stereocenters. The molecule has 4 rings (SSSR count). The number of allylic oxidation sites excluding steroid dienone is 1. The zero-order valence-electron chi connectivity index (χ0n) is 16.7. The lowest BCUT2D eigenvalue weighted by Crippen LogP contribution is -2.11. The monoisotopic (exact) mass is 446 g/mol. The van der Waals surface area contributed by atoms with Crippen LogP contribution in [-0.4, -0.2) is 21.0 Å². The van der Waals surface area contributed by atoms with Crippen LogP contribution in [0.15, 0.2) is 53.4 Å². The van der Waals surface area contributed by atoms with Crippen LogP contribution in [0.5, 0.6) is 5.75 Å². The molecule has 154 valence electrons. The van der Waals surface area contributed by atoms with Gasteiger partial charge in [0.05, 0.1) is 21.6 Å². The van der Waals surface area contributed by atoms with E-state index in [9.17, 15) is 4.79 Å². The minimum absolute atomic E-state index is 0.109. The van der Waals surface area contributed by atoms with Crippen LogP contribution < -0.4 is 4.74 Å². The van der Waals surface area contributed by atoms with Gasteiger partial charge in [-0.05, 0) is 36.3 Å². The Balaban J connectivity index is 1.45. The lowest BCUT2D eigenvalue weighted by Gasteiger charge is -2.08. The highest BCUT2D eigenvalue weighted by Crippen LogP contribution is 2.41. The Labute approximate surface area is 188 Å². The van der Waals surface area contributed by atoms with Crippen LogP contribution in [0.2, 0.25) is 0 Å². The molecule has 0 aliphatic carbocycles. The molecule has 8 heteroatoms. The van der Waals surface area contributed by atoms with Crippen LogP contribution in [-0.2, 0) is 17.8 Å². The number of hydrogen-bond donors (Lipinski definition) is 1. The maximum atomic E-state index is 12.9. The van der Waals surface area contributed by atoms with Gasteiger partial charge in [-0.2, -0.15) is 5.26 Å². The largest absolute Gasteiger partial charge is 0.489 e. The third-order valence-electron chi connectivity index (χ3n) is 4.73. The van der Waals surface area contributed by atoms with Crippen molar-refractivity contribution in [3.63, 3.8) is 0 Å². The van der Waals surface area contributed by atoms with Crippen LogP contribution in [0, 0.1) is 16.7 Å². The Morgan fingerprint density at radius 2 is 1.97 bits per heavy atom. The minimum atomic E-state index is -0.642. The van der Waals surface area contributed by atoms with Gasteiger partial charge in [-0.15, -0.1) is 21.5 Å².